The number of hydrogen-bond donors (Lipinski definition) is 0. The number of allylic oxidation sites excluding steroid dienone is 1. The summed E-state index contributed by atoms with van der Waals surface area (Å²) in [6.07, 6.45) is 4.53. The Morgan fingerprint density at radius 3 is 2.73 bits per heavy atom. The van der Waals surface area contributed by atoms with Gasteiger partial charge in [0.05, 0.1) is 0 Å². The topological polar surface area (TPSA) is 12.4 Å². The predicted octanol–water partition coefficient (Wildman–Crippen LogP) is 3.25. The number of aliphatic imine (C=N–C) groups is 1. The maximum atomic E-state index is 4.87. The molecule has 1 aromatic carbocycles. The minimum atomic E-state index is 0.000671. The monoisotopic (exact) mass is 197 g/mol. The largest absolute Gasteiger partial charge is 0.274 e. The van der Waals surface area contributed by atoms with Crippen LogP contribution in [0.2, 0.25) is 0 Å². The fourth-order valence-electron chi connectivity index (χ4n) is 2.97. The summed E-state index contributed by atoms with van der Waals surface area (Å²) in [7, 11) is 0. The summed E-state index contributed by atoms with van der Waals surface area (Å²) in [4.78, 5) is 4.87. The summed E-state index contributed by atoms with van der Waals surface area (Å²) in [6.45, 7) is 4.31. The third kappa shape index (κ3) is 1.06. The van der Waals surface area contributed by atoms with Crippen LogP contribution in [0.3, 0.4) is 0 Å². The van der Waals surface area contributed by atoms with Crippen LogP contribution in [0.15, 0.2) is 40.9 Å². The zero-order valence-corrected chi connectivity index (χ0v) is 9.25. The van der Waals surface area contributed by atoms with Crippen molar-refractivity contribution >= 4 is 5.71 Å². The molecule has 0 bridgehead atoms. The van der Waals surface area contributed by atoms with E-state index in [-0.39, 0.29) is 5.54 Å². The Morgan fingerprint density at radius 2 is 2.00 bits per heavy atom. The van der Waals surface area contributed by atoms with Gasteiger partial charge in [-0.25, -0.2) is 0 Å². The quantitative estimate of drug-likeness (QED) is 0.605. The van der Waals surface area contributed by atoms with Gasteiger partial charge in [0.25, 0.3) is 0 Å². The molecule has 1 heterocycles. The number of aryl methyl sites for hydroxylation is 1. The van der Waals surface area contributed by atoms with Gasteiger partial charge in [0, 0.05) is 5.71 Å². The molecule has 1 aliphatic carbocycles. The lowest BCUT2D eigenvalue weighted by Gasteiger charge is -2.23. The molecule has 3 rings (SSSR count). The molecular weight excluding hydrogens is 182 g/mol. The Morgan fingerprint density at radius 1 is 1.20 bits per heavy atom. The highest BCUT2D eigenvalue weighted by molar-refractivity contribution is 5.96. The average molecular weight is 197 g/mol. The number of rotatable bonds is 0. The Bertz CT molecular complexity index is 482. The second-order valence-electron chi connectivity index (χ2n) is 4.60. The van der Waals surface area contributed by atoms with Crippen molar-refractivity contribution in [3.63, 3.8) is 0 Å². The molecule has 76 valence electrons. The van der Waals surface area contributed by atoms with Gasteiger partial charge in [-0.1, -0.05) is 24.3 Å². The molecule has 0 radical (unpaired) electrons. The second kappa shape index (κ2) is 2.82. The van der Waals surface area contributed by atoms with Crippen molar-refractivity contribution in [3.8, 4) is 0 Å². The Kier molecular flexibility index (Phi) is 1.67. The first kappa shape index (κ1) is 8.90. The van der Waals surface area contributed by atoms with E-state index in [4.69, 9.17) is 4.99 Å². The maximum absolute atomic E-state index is 4.87. The van der Waals surface area contributed by atoms with Crippen molar-refractivity contribution in [1.82, 2.24) is 0 Å². The van der Waals surface area contributed by atoms with Gasteiger partial charge in [0.2, 0.25) is 0 Å². The third-order valence-corrected chi connectivity index (χ3v) is 3.66. The highest BCUT2D eigenvalue weighted by Crippen LogP contribution is 2.47. The molecule has 0 fully saturated rings. The highest BCUT2D eigenvalue weighted by atomic mass is 14.9. The molecule has 0 saturated heterocycles. The molecule has 0 aromatic heterocycles. The minimum absolute atomic E-state index is 0.000671. The molecule has 0 saturated carbocycles. The first-order valence-electron chi connectivity index (χ1n) is 5.56. The van der Waals surface area contributed by atoms with E-state index >= 15 is 0 Å². The average Bonchev–Trinajstić information content (AvgIpc) is 2.72. The van der Waals surface area contributed by atoms with Crippen LogP contribution in [-0.4, -0.2) is 5.71 Å². The van der Waals surface area contributed by atoms with Gasteiger partial charge in [-0.15, -0.1) is 0 Å². The van der Waals surface area contributed by atoms with Gasteiger partial charge < -0.3 is 0 Å². The molecule has 1 nitrogen and oxygen atoms in total. The van der Waals surface area contributed by atoms with E-state index in [1.54, 1.807) is 0 Å². The van der Waals surface area contributed by atoms with Gasteiger partial charge in [-0.2, -0.15) is 0 Å². The highest BCUT2D eigenvalue weighted by Gasteiger charge is 2.41. The van der Waals surface area contributed by atoms with Gasteiger partial charge >= 0.3 is 0 Å². The lowest BCUT2D eigenvalue weighted by Crippen LogP contribution is -2.19. The predicted molar refractivity (Wildman–Crippen MR) is 63.3 cm³/mol. The van der Waals surface area contributed by atoms with Crippen LogP contribution in [0, 0.1) is 0 Å². The van der Waals surface area contributed by atoms with Crippen LogP contribution in [-0.2, 0) is 12.0 Å². The van der Waals surface area contributed by atoms with E-state index in [1.807, 2.05) is 0 Å². The smallest absolute Gasteiger partial charge is 0.108 e. The van der Waals surface area contributed by atoms with E-state index in [9.17, 15) is 0 Å². The molecule has 15 heavy (non-hydrogen) atoms. The van der Waals surface area contributed by atoms with Crippen LogP contribution in [0.4, 0.5) is 0 Å². The molecule has 0 N–H and O–H groups in total. The lowest BCUT2D eigenvalue weighted by atomic mass is 9.87. The van der Waals surface area contributed by atoms with E-state index in [0.717, 1.165) is 12.8 Å². The van der Waals surface area contributed by atoms with Gasteiger partial charge in [-0.3, -0.25) is 4.99 Å². The summed E-state index contributed by atoms with van der Waals surface area (Å²) in [6, 6.07) is 8.73. The molecule has 1 spiro atoms. The zero-order valence-electron chi connectivity index (χ0n) is 9.25. The van der Waals surface area contributed by atoms with Crippen molar-refractivity contribution in [3.05, 3.63) is 47.0 Å². The minimum Gasteiger partial charge on any atom is -0.274 e. The summed E-state index contributed by atoms with van der Waals surface area (Å²) < 4.78 is 0. The SMILES string of the molecule is CC1=CC(C)=NC12CCc1ccccc12. The van der Waals surface area contributed by atoms with Crippen LogP contribution in [0.1, 0.15) is 31.4 Å². The number of nitrogens with zero attached hydrogens (tertiary/aromatic N) is 1. The first-order chi connectivity index (χ1) is 7.22. The fourth-order valence-corrected chi connectivity index (χ4v) is 2.97. The van der Waals surface area contributed by atoms with E-state index in [2.05, 4.69) is 44.2 Å². The fraction of sp³-hybridized carbons (Fsp3) is 0.357. The first-order valence-corrected chi connectivity index (χ1v) is 5.56. The summed E-state index contributed by atoms with van der Waals surface area (Å²) in [5.74, 6) is 0. The Labute approximate surface area is 90.5 Å². The van der Waals surface area contributed by atoms with Crippen molar-refractivity contribution in [2.24, 2.45) is 4.99 Å². The number of benzene rings is 1. The molecule has 1 aliphatic heterocycles. The molecule has 1 atom stereocenters. The van der Waals surface area contributed by atoms with E-state index in [1.165, 1.54) is 22.4 Å². The van der Waals surface area contributed by atoms with Crippen LogP contribution < -0.4 is 0 Å². The van der Waals surface area contributed by atoms with Crippen molar-refractivity contribution in [1.29, 1.82) is 0 Å². The van der Waals surface area contributed by atoms with Crippen molar-refractivity contribution < 1.29 is 0 Å². The van der Waals surface area contributed by atoms with Crippen LogP contribution in [0.5, 0.6) is 0 Å². The zero-order chi connectivity index (χ0) is 10.5. The van der Waals surface area contributed by atoms with Crippen LogP contribution >= 0.6 is 0 Å². The molecule has 2 aliphatic rings. The van der Waals surface area contributed by atoms with Gasteiger partial charge in [-0.05, 0) is 49.5 Å². The standard InChI is InChI=1S/C14H15N/c1-10-9-11(2)15-14(10)8-7-12-5-3-4-6-13(12)14/h3-6,9H,7-8H2,1-2H3. The van der Waals surface area contributed by atoms with Gasteiger partial charge in [0.1, 0.15) is 5.54 Å². The number of hydrogen-bond acceptors (Lipinski definition) is 1. The summed E-state index contributed by atoms with van der Waals surface area (Å²) in [5.41, 5.74) is 5.48. The maximum Gasteiger partial charge on any atom is 0.108 e. The molecule has 1 unspecified atom stereocenters. The van der Waals surface area contributed by atoms with Crippen molar-refractivity contribution in [2.45, 2.75) is 32.2 Å². The van der Waals surface area contributed by atoms with Crippen LogP contribution in [0.25, 0.3) is 0 Å². The summed E-state index contributed by atoms with van der Waals surface area (Å²) in [5, 5.41) is 0. The second-order valence-corrected chi connectivity index (χ2v) is 4.60. The van der Waals surface area contributed by atoms with Gasteiger partial charge in [0.15, 0.2) is 0 Å². The normalized spacial score (nSPS) is 27.9. The molecule has 1 heteroatoms. The Hall–Kier alpha value is -1.37. The lowest BCUT2D eigenvalue weighted by molar-refractivity contribution is 0.536. The van der Waals surface area contributed by atoms with Crippen molar-refractivity contribution in [2.75, 3.05) is 0 Å². The molecular formula is C14H15N. The van der Waals surface area contributed by atoms with E-state index < -0.39 is 0 Å². The molecule has 0 amide bonds. The summed E-state index contributed by atoms with van der Waals surface area (Å²) >= 11 is 0. The third-order valence-electron chi connectivity index (χ3n) is 3.66. The molecule has 1 aromatic rings. The Balaban J connectivity index is 2.22. The number of fused-ring (bicyclic) bond motifs is 2. The van der Waals surface area contributed by atoms with E-state index in [0.29, 0.717) is 0 Å².